The SMILES string of the molecule is CC(CC(=O)C1CCCOC1)c1ccc(N)cc1. The molecule has 1 saturated heterocycles. The van der Waals surface area contributed by atoms with Crippen molar-refractivity contribution in [2.24, 2.45) is 5.92 Å². The van der Waals surface area contributed by atoms with Crippen LogP contribution in [0.4, 0.5) is 5.69 Å². The minimum Gasteiger partial charge on any atom is -0.399 e. The lowest BCUT2D eigenvalue weighted by atomic mass is 9.88. The standard InChI is InChI=1S/C15H21NO2/c1-11(12-4-6-14(16)7-5-12)9-15(17)13-3-2-8-18-10-13/h4-7,11,13H,2-3,8-10,16H2,1H3. The molecular weight excluding hydrogens is 226 g/mol. The summed E-state index contributed by atoms with van der Waals surface area (Å²) in [6, 6.07) is 7.79. The molecule has 0 amide bonds. The second-order valence-corrected chi connectivity index (χ2v) is 5.15. The van der Waals surface area contributed by atoms with Gasteiger partial charge in [0.1, 0.15) is 5.78 Å². The van der Waals surface area contributed by atoms with Crippen molar-refractivity contribution in [1.82, 2.24) is 0 Å². The summed E-state index contributed by atoms with van der Waals surface area (Å²) in [5.74, 6) is 0.689. The van der Waals surface area contributed by atoms with Gasteiger partial charge in [-0.2, -0.15) is 0 Å². The topological polar surface area (TPSA) is 52.3 Å². The molecule has 2 unspecified atom stereocenters. The number of hydrogen-bond acceptors (Lipinski definition) is 3. The Kier molecular flexibility index (Phi) is 4.37. The van der Waals surface area contributed by atoms with E-state index in [4.69, 9.17) is 10.5 Å². The fraction of sp³-hybridized carbons (Fsp3) is 0.533. The Bertz CT molecular complexity index is 393. The van der Waals surface area contributed by atoms with Crippen molar-refractivity contribution in [3.63, 3.8) is 0 Å². The molecule has 1 fully saturated rings. The summed E-state index contributed by atoms with van der Waals surface area (Å²) in [6.45, 7) is 3.50. The van der Waals surface area contributed by atoms with Crippen LogP contribution < -0.4 is 5.73 Å². The Morgan fingerprint density at radius 2 is 2.17 bits per heavy atom. The molecular formula is C15H21NO2. The Morgan fingerprint density at radius 3 is 2.78 bits per heavy atom. The molecule has 1 heterocycles. The van der Waals surface area contributed by atoms with E-state index in [0.29, 0.717) is 18.8 Å². The van der Waals surface area contributed by atoms with E-state index in [2.05, 4.69) is 6.92 Å². The average Bonchev–Trinajstić information content (AvgIpc) is 2.40. The average molecular weight is 247 g/mol. The quantitative estimate of drug-likeness (QED) is 0.832. The highest BCUT2D eigenvalue weighted by molar-refractivity contribution is 5.82. The van der Waals surface area contributed by atoms with Gasteiger partial charge in [0.25, 0.3) is 0 Å². The minimum absolute atomic E-state index is 0.106. The number of hydrogen-bond donors (Lipinski definition) is 1. The monoisotopic (exact) mass is 247 g/mol. The third kappa shape index (κ3) is 3.33. The van der Waals surface area contributed by atoms with Crippen molar-refractivity contribution in [3.05, 3.63) is 29.8 Å². The molecule has 2 atom stereocenters. The van der Waals surface area contributed by atoms with Gasteiger partial charge in [0.15, 0.2) is 0 Å². The predicted molar refractivity (Wildman–Crippen MR) is 72.4 cm³/mol. The normalized spacial score (nSPS) is 21.5. The largest absolute Gasteiger partial charge is 0.399 e. The van der Waals surface area contributed by atoms with Crippen LogP contribution in [0.3, 0.4) is 0 Å². The van der Waals surface area contributed by atoms with Gasteiger partial charge in [-0.05, 0) is 36.5 Å². The maximum absolute atomic E-state index is 12.1. The van der Waals surface area contributed by atoms with Crippen LogP contribution in [0.2, 0.25) is 0 Å². The van der Waals surface area contributed by atoms with Gasteiger partial charge >= 0.3 is 0 Å². The Balaban J connectivity index is 1.91. The lowest BCUT2D eigenvalue weighted by Gasteiger charge is -2.22. The van der Waals surface area contributed by atoms with Gasteiger partial charge in [-0.15, -0.1) is 0 Å². The Morgan fingerprint density at radius 1 is 1.44 bits per heavy atom. The molecule has 0 saturated carbocycles. The van der Waals surface area contributed by atoms with Crippen LogP contribution in [0.1, 0.15) is 37.7 Å². The van der Waals surface area contributed by atoms with Crippen molar-refractivity contribution in [1.29, 1.82) is 0 Å². The molecule has 3 nitrogen and oxygen atoms in total. The highest BCUT2D eigenvalue weighted by Crippen LogP contribution is 2.24. The van der Waals surface area contributed by atoms with E-state index in [1.807, 2.05) is 24.3 Å². The van der Waals surface area contributed by atoms with Crippen molar-refractivity contribution < 1.29 is 9.53 Å². The van der Waals surface area contributed by atoms with Crippen LogP contribution in [0.25, 0.3) is 0 Å². The summed E-state index contributed by atoms with van der Waals surface area (Å²) in [6.07, 6.45) is 2.58. The maximum Gasteiger partial charge on any atom is 0.138 e. The molecule has 0 aromatic heterocycles. The number of nitrogen functional groups attached to an aromatic ring is 1. The summed E-state index contributed by atoms with van der Waals surface area (Å²) < 4.78 is 5.37. The molecule has 1 aliphatic heterocycles. The highest BCUT2D eigenvalue weighted by Gasteiger charge is 2.23. The molecule has 2 N–H and O–H groups in total. The van der Waals surface area contributed by atoms with Crippen molar-refractivity contribution >= 4 is 11.5 Å². The van der Waals surface area contributed by atoms with Crippen LogP contribution in [-0.2, 0) is 9.53 Å². The second-order valence-electron chi connectivity index (χ2n) is 5.15. The number of rotatable bonds is 4. The van der Waals surface area contributed by atoms with Crippen molar-refractivity contribution in [2.75, 3.05) is 18.9 Å². The third-order valence-corrected chi connectivity index (χ3v) is 3.63. The first-order valence-electron chi connectivity index (χ1n) is 6.62. The first-order chi connectivity index (χ1) is 8.66. The predicted octanol–water partition coefficient (Wildman–Crippen LogP) is 2.76. The third-order valence-electron chi connectivity index (χ3n) is 3.63. The molecule has 3 heteroatoms. The molecule has 2 rings (SSSR count). The fourth-order valence-electron chi connectivity index (χ4n) is 2.41. The maximum atomic E-state index is 12.1. The molecule has 0 aliphatic carbocycles. The molecule has 0 bridgehead atoms. The number of Topliss-reactive ketones (excluding diaryl/α,β-unsaturated/α-hetero) is 1. The minimum atomic E-state index is 0.106. The molecule has 18 heavy (non-hydrogen) atoms. The van der Waals surface area contributed by atoms with E-state index in [9.17, 15) is 4.79 Å². The lowest BCUT2D eigenvalue weighted by molar-refractivity contribution is -0.127. The highest BCUT2D eigenvalue weighted by atomic mass is 16.5. The van der Waals surface area contributed by atoms with Gasteiger partial charge < -0.3 is 10.5 Å². The summed E-state index contributed by atoms with van der Waals surface area (Å²) in [5.41, 5.74) is 7.60. The number of anilines is 1. The Hall–Kier alpha value is -1.35. The van der Waals surface area contributed by atoms with E-state index >= 15 is 0 Å². The van der Waals surface area contributed by atoms with Crippen LogP contribution in [-0.4, -0.2) is 19.0 Å². The van der Waals surface area contributed by atoms with E-state index in [0.717, 1.165) is 25.1 Å². The number of ether oxygens (including phenoxy) is 1. The fourth-order valence-corrected chi connectivity index (χ4v) is 2.41. The van der Waals surface area contributed by atoms with E-state index < -0.39 is 0 Å². The lowest BCUT2D eigenvalue weighted by Crippen LogP contribution is -2.26. The number of nitrogens with two attached hydrogens (primary N) is 1. The molecule has 1 aromatic rings. The second kappa shape index (κ2) is 6.01. The summed E-state index contributed by atoms with van der Waals surface area (Å²) >= 11 is 0. The number of ketones is 1. The van der Waals surface area contributed by atoms with Crippen LogP contribution in [0.15, 0.2) is 24.3 Å². The van der Waals surface area contributed by atoms with E-state index in [1.165, 1.54) is 5.56 Å². The molecule has 0 spiro atoms. The van der Waals surface area contributed by atoms with Crippen LogP contribution in [0, 0.1) is 5.92 Å². The van der Waals surface area contributed by atoms with E-state index in [1.54, 1.807) is 0 Å². The molecule has 1 aromatic carbocycles. The number of benzene rings is 1. The summed E-state index contributed by atoms with van der Waals surface area (Å²) in [4.78, 5) is 12.1. The van der Waals surface area contributed by atoms with Crippen molar-refractivity contribution in [2.45, 2.75) is 32.1 Å². The van der Waals surface area contributed by atoms with Gasteiger partial charge in [-0.3, -0.25) is 4.79 Å². The van der Waals surface area contributed by atoms with Gasteiger partial charge in [0, 0.05) is 24.6 Å². The van der Waals surface area contributed by atoms with Crippen LogP contribution in [0.5, 0.6) is 0 Å². The van der Waals surface area contributed by atoms with Gasteiger partial charge in [0.05, 0.1) is 6.61 Å². The Labute approximate surface area is 108 Å². The number of carbonyl (C=O) groups is 1. The number of carbonyl (C=O) groups excluding carboxylic acids is 1. The molecule has 1 aliphatic rings. The zero-order chi connectivity index (χ0) is 13.0. The van der Waals surface area contributed by atoms with Crippen molar-refractivity contribution in [3.8, 4) is 0 Å². The summed E-state index contributed by atoms with van der Waals surface area (Å²) in [7, 11) is 0. The van der Waals surface area contributed by atoms with Gasteiger partial charge in [0.2, 0.25) is 0 Å². The first kappa shape index (κ1) is 13.1. The first-order valence-corrected chi connectivity index (χ1v) is 6.62. The van der Waals surface area contributed by atoms with Gasteiger partial charge in [-0.25, -0.2) is 0 Å². The summed E-state index contributed by atoms with van der Waals surface area (Å²) in [5, 5.41) is 0. The smallest absolute Gasteiger partial charge is 0.138 e. The molecule has 0 radical (unpaired) electrons. The zero-order valence-electron chi connectivity index (χ0n) is 10.9. The van der Waals surface area contributed by atoms with Crippen LogP contribution >= 0.6 is 0 Å². The molecule has 98 valence electrons. The zero-order valence-corrected chi connectivity index (χ0v) is 10.9. The van der Waals surface area contributed by atoms with E-state index in [-0.39, 0.29) is 11.8 Å². The van der Waals surface area contributed by atoms with Gasteiger partial charge in [-0.1, -0.05) is 19.1 Å².